The standard InChI is InChI=1S/C17H20ClN3O2/c1-10-7-13(21(3)4)8-11(2)16(10)20-17(23)19-12-5-6-15(22)14(18)9-12/h5-9,22H,1-4H3,(H2,19,20,23). The van der Waals surface area contributed by atoms with Crippen LogP contribution in [0.15, 0.2) is 30.3 Å². The Morgan fingerprint density at radius 1 is 1.09 bits per heavy atom. The van der Waals surface area contributed by atoms with Crippen LogP contribution in [-0.4, -0.2) is 25.2 Å². The number of nitrogens with zero attached hydrogens (tertiary/aromatic N) is 1. The van der Waals surface area contributed by atoms with E-state index in [0.717, 1.165) is 22.5 Å². The minimum Gasteiger partial charge on any atom is -0.506 e. The van der Waals surface area contributed by atoms with Gasteiger partial charge in [0.15, 0.2) is 0 Å². The molecule has 122 valence electrons. The number of hydrogen-bond donors (Lipinski definition) is 3. The molecule has 0 aliphatic carbocycles. The lowest BCUT2D eigenvalue weighted by molar-refractivity contribution is 0.262. The average Bonchev–Trinajstić information content (AvgIpc) is 2.46. The molecule has 0 aliphatic heterocycles. The van der Waals surface area contributed by atoms with Gasteiger partial charge in [0, 0.05) is 31.2 Å². The van der Waals surface area contributed by atoms with Gasteiger partial charge in [-0.25, -0.2) is 4.79 Å². The Morgan fingerprint density at radius 2 is 1.70 bits per heavy atom. The lowest BCUT2D eigenvalue weighted by Crippen LogP contribution is -2.21. The van der Waals surface area contributed by atoms with Crippen LogP contribution in [-0.2, 0) is 0 Å². The lowest BCUT2D eigenvalue weighted by Gasteiger charge is -2.18. The quantitative estimate of drug-likeness (QED) is 0.731. The molecule has 3 N–H and O–H groups in total. The molecule has 2 amide bonds. The topological polar surface area (TPSA) is 64.6 Å². The predicted molar refractivity (Wildman–Crippen MR) is 96.0 cm³/mol. The Hall–Kier alpha value is -2.40. The SMILES string of the molecule is Cc1cc(N(C)C)cc(C)c1NC(=O)Nc1ccc(O)c(Cl)c1. The largest absolute Gasteiger partial charge is 0.506 e. The van der Waals surface area contributed by atoms with Gasteiger partial charge in [-0.15, -0.1) is 0 Å². The molecule has 0 bridgehead atoms. The molecule has 0 radical (unpaired) electrons. The Morgan fingerprint density at radius 3 is 2.22 bits per heavy atom. The molecule has 5 nitrogen and oxygen atoms in total. The highest BCUT2D eigenvalue weighted by molar-refractivity contribution is 6.32. The fourth-order valence-electron chi connectivity index (χ4n) is 2.26. The molecule has 0 heterocycles. The minimum absolute atomic E-state index is 0.0245. The summed E-state index contributed by atoms with van der Waals surface area (Å²) >= 11 is 5.83. The number of halogens is 1. The summed E-state index contributed by atoms with van der Waals surface area (Å²) in [4.78, 5) is 14.2. The van der Waals surface area contributed by atoms with Crippen molar-refractivity contribution in [1.29, 1.82) is 0 Å². The van der Waals surface area contributed by atoms with E-state index in [2.05, 4.69) is 10.6 Å². The maximum atomic E-state index is 12.2. The Kier molecular flexibility index (Phi) is 5.01. The lowest BCUT2D eigenvalue weighted by atomic mass is 10.1. The molecule has 0 unspecified atom stereocenters. The van der Waals surface area contributed by atoms with Crippen molar-refractivity contribution in [2.24, 2.45) is 0 Å². The summed E-state index contributed by atoms with van der Waals surface area (Å²) < 4.78 is 0. The van der Waals surface area contributed by atoms with Crippen molar-refractivity contribution in [1.82, 2.24) is 0 Å². The molecule has 6 heteroatoms. The van der Waals surface area contributed by atoms with Gasteiger partial charge in [-0.1, -0.05) is 11.6 Å². The monoisotopic (exact) mass is 333 g/mol. The molecule has 0 saturated heterocycles. The normalized spacial score (nSPS) is 10.3. The highest BCUT2D eigenvalue weighted by Gasteiger charge is 2.10. The third-order valence-electron chi connectivity index (χ3n) is 3.48. The van der Waals surface area contributed by atoms with E-state index in [0.29, 0.717) is 5.69 Å². The molecular formula is C17H20ClN3O2. The highest BCUT2D eigenvalue weighted by atomic mass is 35.5. The van der Waals surface area contributed by atoms with E-state index in [-0.39, 0.29) is 16.8 Å². The van der Waals surface area contributed by atoms with Crippen LogP contribution < -0.4 is 15.5 Å². The maximum absolute atomic E-state index is 12.2. The number of nitrogens with one attached hydrogen (secondary N) is 2. The Labute approximate surface area is 140 Å². The van der Waals surface area contributed by atoms with E-state index >= 15 is 0 Å². The molecule has 0 fully saturated rings. The second-order valence-corrected chi connectivity index (χ2v) is 6.00. The van der Waals surface area contributed by atoms with E-state index in [1.165, 1.54) is 12.1 Å². The van der Waals surface area contributed by atoms with Crippen LogP contribution in [0, 0.1) is 13.8 Å². The molecule has 23 heavy (non-hydrogen) atoms. The summed E-state index contributed by atoms with van der Waals surface area (Å²) in [7, 11) is 3.95. The first kappa shape index (κ1) is 17.0. The number of carbonyl (C=O) groups is 1. The Bertz CT molecular complexity index is 722. The van der Waals surface area contributed by atoms with Gasteiger partial charge in [0.2, 0.25) is 0 Å². The van der Waals surface area contributed by atoms with Crippen molar-refractivity contribution in [3.8, 4) is 5.75 Å². The van der Waals surface area contributed by atoms with Gasteiger partial charge in [-0.05, 0) is 55.3 Å². The summed E-state index contributed by atoms with van der Waals surface area (Å²) in [5.41, 5.74) is 4.32. The summed E-state index contributed by atoms with van der Waals surface area (Å²) in [5, 5.41) is 15.1. The molecule has 2 rings (SSSR count). The van der Waals surface area contributed by atoms with Crippen LogP contribution in [0.25, 0.3) is 0 Å². The van der Waals surface area contributed by atoms with E-state index < -0.39 is 0 Å². The smallest absolute Gasteiger partial charge is 0.323 e. The van der Waals surface area contributed by atoms with Crippen LogP contribution in [0.3, 0.4) is 0 Å². The Balaban J connectivity index is 2.15. The average molecular weight is 334 g/mol. The number of aromatic hydroxyl groups is 1. The van der Waals surface area contributed by atoms with E-state index in [1.807, 2.05) is 45.0 Å². The zero-order chi connectivity index (χ0) is 17.1. The number of carbonyl (C=O) groups excluding carboxylic acids is 1. The maximum Gasteiger partial charge on any atom is 0.323 e. The summed E-state index contributed by atoms with van der Waals surface area (Å²) in [6.07, 6.45) is 0. The van der Waals surface area contributed by atoms with E-state index in [9.17, 15) is 9.90 Å². The van der Waals surface area contributed by atoms with Crippen molar-refractivity contribution in [2.45, 2.75) is 13.8 Å². The van der Waals surface area contributed by atoms with Crippen molar-refractivity contribution in [3.63, 3.8) is 0 Å². The summed E-state index contributed by atoms with van der Waals surface area (Å²) in [5.74, 6) is -0.0245. The summed E-state index contributed by atoms with van der Waals surface area (Å²) in [6, 6.07) is 8.16. The highest BCUT2D eigenvalue weighted by Crippen LogP contribution is 2.28. The zero-order valence-electron chi connectivity index (χ0n) is 13.6. The van der Waals surface area contributed by atoms with Crippen molar-refractivity contribution in [2.75, 3.05) is 29.6 Å². The molecule has 0 aromatic heterocycles. The second kappa shape index (κ2) is 6.79. The van der Waals surface area contributed by atoms with Crippen molar-refractivity contribution >= 4 is 34.7 Å². The number of urea groups is 1. The molecule has 0 aliphatic rings. The molecule has 2 aromatic rings. The van der Waals surface area contributed by atoms with Crippen LogP contribution in [0.2, 0.25) is 5.02 Å². The number of aryl methyl sites for hydroxylation is 2. The molecular weight excluding hydrogens is 314 g/mol. The first-order chi connectivity index (χ1) is 10.8. The van der Waals surface area contributed by atoms with Crippen molar-refractivity contribution in [3.05, 3.63) is 46.5 Å². The van der Waals surface area contributed by atoms with Crippen LogP contribution in [0.5, 0.6) is 5.75 Å². The number of amides is 2. The fourth-order valence-corrected chi connectivity index (χ4v) is 2.44. The number of phenolic OH excluding ortho intramolecular Hbond substituents is 1. The zero-order valence-corrected chi connectivity index (χ0v) is 14.3. The molecule has 0 atom stereocenters. The first-order valence-electron chi connectivity index (χ1n) is 7.13. The molecule has 2 aromatic carbocycles. The molecule has 0 saturated carbocycles. The van der Waals surface area contributed by atoms with Gasteiger partial charge in [0.05, 0.1) is 5.02 Å². The number of anilines is 3. The van der Waals surface area contributed by atoms with Crippen LogP contribution in [0.1, 0.15) is 11.1 Å². The number of benzene rings is 2. The van der Waals surface area contributed by atoms with Gasteiger partial charge < -0.3 is 20.6 Å². The van der Waals surface area contributed by atoms with Gasteiger partial charge in [0.1, 0.15) is 5.75 Å². The first-order valence-corrected chi connectivity index (χ1v) is 7.51. The van der Waals surface area contributed by atoms with E-state index in [4.69, 9.17) is 11.6 Å². The fraction of sp³-hybridized carbons (Fsp3) is 0.235. The van der Waals surface area contributed by atoms with Gasteiger partial charge in [-0.3, -0.25) is 0 Å². The predicted octanol–water partition coefficient (Wildman–Crippen LogP) is 4.37. The summed E-state index contributed by atoms with van der Waals surface area (Å²) in [6.45, 7) is 3.90. The van der Waals surface area contributed by atoms with Crippen LogP contribution >= 0.6 is 11.6 Å². The number of rotatable bonds is 3. The van der Waals surface area contributed by atoms with Crippen molar-refractivity contribution < 1.29 is 9.90 Å². The van der Waals surface area contributed by atoms with E-state index in [1.54, 1.807) is 6.07 Å². The number of hydrogen-bond acceptors (Lipinski definition) is 3. The van der Waals surface area contributed by atoms with Gasteiger partial charge in [0.25, 0.3) is 0 Å². The van der Waals surface area contributed by atoms with Gasteiger partial charge in [-0.2, -0.15) is 0 Å². The van der Waals surface area contributed by atoms with Gasteiger partial charge >= 0.3 is 6.03 Å². The van der Waals surface area contributed by atoms with Crippen LogP contribution in [0.4, 0.5) is 21.9 Å². The second-order valence-electron chi connectivity index (χ2n) is 5.59. The minimum atomic E-state index is -0.365. The number of phenols is 1. The molecule has 0 spiro atoms. The third kappa shape index (κ3) is 4.07. The third-order valence-corrected chi connectivity index (χ3v) is 3.78.